The van der Waals surface area contributed by atoms with E-state index in [2.05, 4.69) is 31.0 Å². The van der Waals surface area contributed by atoms with Crippen molar-refractivity contribution in [1.82, 2.24) is 4.90 Å². The molecule has 0 aromatic heterocycles. The number of hydrogen-bond acceptors (Lipinski definition) is 3. The number of anilines is 2. The van der Waals surface area contributed by atoms with Crippen molar-refractivity contribution in [3.63, 3.8) is 0 Å². The van der Waals surface area contributed by atoms with Gasteiger partial charge in [-0.25, -0.2) is 4.39 Å². The highest BCUT2D eigenvalue weighted by atomic mass is 19.1. The molecule has 20 heavy (non-hydrogen) atoms. The van der Waals surface area contributed by atoms with Gasteiger partial charge >= 0.3 is 0 Å². The topological polar surface area (TPSA) is 41.3 Å². The van der Waals surface area contributed by atoms with Crippen LogP contribution in [0.5, 0.6) is 0 Å². The molecule has 0 saturated carbocycles. The molecular formula is C16H28FN3. The Labute approximate surface area is 122 Å². The Balaban J connectivity index is 2.46. The molecule has 0 aliphatic heterocycles. The molecule has 0 bridgehead atoms. The highest BCUT2D eigenvalue weighted by Crippen LogP contribution is 2.23. The number of nitrogens with zero attached hydrogens (tertiary/aromatic N) is 1. The summed E-state index contributed by atoms with van der Waals surface area (Å²) in [5.74, 6) is -0.248. The van der Waals surface area contributed by atoms with Gasteiger partial charge in [0, 0.05) is 6.04 Å². The van der Waals surface area contributed by atoms with Gasteiger partial charge in [0.2, 0.25) is 0 Å². The fraction of sp³-hybridized carbons (Fsp3) is 0.625. The summed E-state index contributed by atoms with van der Waals surface area (Å²) in [7, 11) is 0. The summed E-state index contributed by atoms with van der Waals surface area (Å²) in [6.07, 6.45) is 2.22. The van der Waals surface area contributed by atoms with Crippen molar-refractivity contribution < 1.29 is 4.39 Å². The summed E-state index contributed by atoms with van der Waals surface area (Å²) in [5.41, 5.74) is 7.78. The van der Waals surface area contributed by atoms with Gasteiger partial charge in [-0.1, -0.05) is 13.8 Å². The van der Waals surface area contributed by atoms with E-state index < -0.39 is 0 Å². The van der Waals surface area contributed by atoms with Crippen molar-refractivity contribution in [3.05, 3.63) is 23.5 Å². The minimum Gasteiger partial charge on any atom is -0.397 e. The average Bonchev–Trinajstić information content (AvgIpc) is 2.41. The van der Waals surface area contributed by atoms with Crippen LogP contribution in [0.25, 0.3) is 0 Å². The molecule has 1 unspecified atom stereocenters. The third-order valence-corrected chi connectivity index (χ3v) is 3.74. The van der Waals surface area contributed by atoms with E-state index in [1.165, 1.54) is 6.07 Å². The molecule has 0 aliphatic carbocycles. The molecule has 1 rings (SSSR count). The van der Waals surface area contributed by atoms with Crippen LogP contribution in [0.2, 0.25) is 0 Å². The molecule has 0 heterocycles. The molecule has 0 fully saturated rings. The van der Waals surface area contributed by atoms with Crippen LogP contribution in [0.3, 0.4) is 0 Å². The van der Waals surface area contributed by atoms with E-state index in [9.17, 15) is 4.39 Å². The van der Waals surface area contributed by atoms with Crippen molar-refractivity contribution in [1.29, 1.82) is 0 Å². The smallest absolute Gasteiger partial charge is 0.128 e. The number of halogens is 1. The molecule has 1 aromatic rings. The van der Waals surface area contributed by atoms with Gasteiger partial charge in [0.25, 0.3) is 0 Å². The van der Waals surface area contributed by atoms with Crippen molar-refractivity contribution in [2.45, 2.75) is 46.6 Å². The van der Waals surface area contributed by atoms with E-state index in [4.69, 9.17) is 5.73 Å². The number of aryl methyl sites for hydroxylation is 1. The first-order valence-electron chi connectivity index (χ1n) is 7.52. The van der Waals surface area contributed by atoms with Crippen molar-refractivity contribution >= 4 is 11.4 Å². The second-order valence-corrected chi connectivity index (χ2v) is 5.40. The number of benzene rings is 1. The molecule has 0 aliphatic rings. The molecule has 0 spiro atoms. The lowest BCUT2D eigenvalue weighted by Gasteiger charge is -2.21. The fourth-order valence-corrected chi connectivity index (χ4v) is 2.32. The lowest BCUT2D eigenvalue weighted by atomic mass is 10.1. The summed E-state index contributed by atoms with van der Waals surface area (Å²) in [6, 6.07) is 3.50. The van der Waals surface area contributed by atoms with Crippen LogP contribution >= 0.6 is 0 Å². The van der Waals surface area contributed by atoms with Crippen LogP contribution in [0.1, 0.15) is 39.2 Å². The molecular weight excluding hydrogens is 253 g/mol. The third-order valence-electron chi connectivity index (χ3n) is 3.74. The Bertz CT molecular complexity index is 416. The average molecular weight is 281 g/mol. The highest BCUT2D eigenvalue weighted by molar-refractivity contribution is 5.67. The molecule has 0 saturated heterocycles. The van der Waals surface area contributed by atoms with Crippen LogP contribution in [-0.4, -0.2) is 30.6 Å². The molecule has 3 N–H and O–H groups in total. The minimum absolute atomic E-state index is 0.248. The predicted octanol–water partition coefficient (Wildman–Crippen LogP) is 3.64. The maximum Gasteiger partial charge on any atom is 0.128 e. The van der Waals surface area contributed by atoms with Crippen LogP contribution in [-0.2, 0) is 0 Å². The Morgan fingerprint density at radius 2 is 1.95 bits per heavy atom. The van der Waals surface area contributed by atoms with Crippen LogP contribution in [0, 0.1) is 12.7 Å². The van der Waals surface area contributed by atoms with Crippen molar-refractivity contribution in [3.8, 4) is 0 Å². The molecule has 4 heteroatoms. The van der Waals surface area contributed by atoms with Gasteiger partial charge in [-0.2, -0.15) is 0 Å². The zero-order chi connectivity index (χ0) is 15.1. The fourth-order valence-electron chi connectivity index (χ4n) is 2.32. The molecule has 3 nitrogen and oxygen atoms in total. The molecule has 1 atom stereocenters. The number of rotatable bonds is 8. The SMILES string of the molecule is CCN(CC)CCCC(C)Nc1cc(C)c(F)cc1N. The number of nitrogen functional groups attached to an aromatic ring is 1. The van der Waals surface area contributed by atoms with E-state index >= 15 is 0 Å². The summed E-state index contributed by atoms with van der Waals surface area (Å²) < 4.78 is 13.4. The maximum absolute atomic E-state index is 13.4. The Morgan fingerprint density at radius 1 is 1.30 bits per heavy atom. The Morgan fingerprint density at radius 3 is 2.55 bits per heavy atom. The number of nitrogens with two attached hydrogens (primary N) is 1. The van der Waals surface area contributed by atoms with Crippen LogP contribution in [0.4, 0.5) is 15.8 Å². The first-order valence-corrected chi connectivity index (χ1v) is 7.52. The summed E-state index contributed by atoms with van der Waals surface area (Å²) in [5, 5.41) is 3.38. The van der Waals surface area contributed by atoms with Gasteiger partial charge in [0.1, 0.15) is 5.82 Å². The Hall–Kier alpha value is -1.29. The van der Waals surface area contributed by atoms with Crippen LogP contribution < -0.4 is 11.1 Å². The van der Waals surface area contributed by atoms with Crippen LogP contribution in [0.15, 0.2) is 12.1 Å². The zero-order valence-corrected chi connectivity index (χ0v) is 13.2. The minimum atomic E-state index is -0.248. The van der Waals surface area contributed by atoms with Crippen molar-refractivity contribution in [2.75, 3.05) is 30.7 Å². The number of nitrogens with one attached hydrogen (secondary N) is 1. The molecule has 1 aromatic carbocycles. The standard InChI is InChI=1S/C16H28FN3/c1-5-20(6-2)9-7-8-13(4)19-16-10-12(3)14(17)11-15(16)18/h10-11,13,19H,5-9,18H2,1-4H3. The molecule has 114 valence electrons. The van der Waals surface area contributed by atoms with E-state index in [1.54, 1.807) is 13.0 Å². The van der Waals surface area contributed by atoms with E-state index in [0.717, 1.165) is 38.2 Å². The molecule has 0 radical (unpaired) electrons. The monoisotopic (exact) mass is 281 g/mol. The Kier molecular flexibility index (Phi) is 6.79. The summed E-state index contributed by atoms with van der Waals surface area (Å²) in [6.45, 7) is 11.6. The van der Waals surface area contributed by atoms with Gasteiger partial charge in [0.05, 0.1) is 11.4 Å². The summed E-state index contributed by atoms with van der Waals surface area (Å²) in [4.78, 5) is 2.42. The lowest BCUT2D eigenvalue weighted by molar-refractivity contribution is 0.295. The van der Waals surface area contributed by atoms with Gasteiger partial charge in [-0.3, -0.25) is 0 Å². The second kappa shape index (κ2) is 8.10. The predicted molar refractivity (Wildman–Crippen MR) is 85.7 cm³/mol. The van der Waals surface area contributed by atoms with Gasteiger partial charge in [-0.05, 0) is 64.0 Å². The van der Waals surface area contributed by atoms with Gasteiger partial charge in [0.15, 0.2) is 0 Å². The zero-order valence-electron chi connectivity index (χ0n) is 13.2. The second-order valence-electron chi connectivity index (χ2n) is 5.40. The first kappa shape index (κ1) is 16.8. The van der Waals surface area contributed by atoms with Gasteiger partial charge < -0.3 is 16.0 Å². The van der Waals surface area contributed by atoms with E-state index in [-0.39, 0.29) is 5.82 Å². The van der Waals surface area contributed by atoms with E-state index in [0.29, 0.717) is 17.3 Å². The maximum atomic E-state index is 13.4. The summed E-state index contributed by atoms with van der Waals surface area (Å²) >= 11 is 0. The quantitative estimate of drug-likeness (QED) is 0.715. The molecule has 0 amide bonds. The van der Waals surface area contributed by atoms with Gasteiger partial charge in [-0.15, -0.1) is 0 Å². The third kappa shape index (κ3) is 5.00. The van der Waals surface area contributed by atoms with E-state index in [1.807, 2.05) is 0 Å². The largest absolute Gasteiger partial charge is 0.397 e. The normalized spacial score (nSPS) is 12.7. The lowest BCUT2D eigenvalue weighted by Crippen LogP contribution is -2.25. The number of hydrogen-bond donors (Lipinski definition) is 2. The first-order chi connectivity index (χ1) is 9.47. The highest BCUT2D eigenvalue weighted by Gasteiger charge is 2.08. The van der Waals surface area contributed by atoms with Crippen molar-refractivity contribution in [2.24, 2.45) is 0 Å².